The second-order valence-electron chi connectivity index (χ2n) is 5.91. The van der Waals surface area contributed by atoms with Gasteiger partial charge in [-0.15, -0.1) is 0 Å². The Bertz CT molecular complexity index is 535. The van der Waals surface area contributed by atoms with E-state index >= 15 is 0 Å². The van der Waals surface area contributed by atoms with Gasteiger partial charge in [0.2, 0.25) is 0 Å². The van der Waals surface area contributed by atoms with E-state index in [1.165, 1.54) is 48.4 Å². The Labute approximate surface area is 115 Å². The molecular formula is C18H23N. The predicted octanol–water partition coefficient (Wildman–Crippen LogP) is 4.81. The lowest BCUT2D eigenvalue weighted by Gasteiger charge is -2.25. The van der Waals surface area contributed by atoms with E-state index in [2.05, 4.69) is 42.5 Å². The van der Waals surface area contributed by atoms with Crippen molar-refractivity contribution in [3.8, 4) is 0 Å². The zero-order chi connectivity index (χ0) is 13.1. The molecule has 1 fully saturated rings. The molecule has 0 heterocycles. The molecule has 0 saturated heterocycles. The van der Waals surface area contributed by atoms with Crippen LogP contribution in [0.15, 0.2) is 42.5 Å². The van der Waals surface area contributed by atoms with Gasteiger partial charge in [-0.2, -0.15) is 0 Å². The summed E-state index contributed by atoms with van der Waals surface area (Å²) in [6, 6.07) is 15.3. The minimum Gasteiger partial charge on any atom is -0.324 e. The van der Waals surface area contributed by atoms with Crippen LogP contribution in [0.25, 0.3) is 10.8 Å². The van der Waals surface area contributed by atoms with Gasteiger partial charge in [0.25, 0.3) is 0 Å². The maximum Gasteiger partial charge on any atom is 0.0303 e. The normalized spacial score (nSPS) is 18.6. The average molecular weight is 253 g/mol. The molecule has 0 bridgehead atoms. The molecule has 1 heteroatoms. The van der Waals surface area contributed by atoms with E-state index in [4.69, 9.17) is 5.73 Å². The Balaban J connectivity index is 1.82. The van der Waals surface area contributed by atoms with Crippen LogP contribution in [0.4, 0.5) is 0 Å². The molecule has 3 rings (SSSR count). The number of fused-ring (bicyclic) bond motifs is 1. The van der Waals surface area contributed by atoms with E-state index in [0.717, 1.165) is 12.3 Å². The van der Waals surface area contributed by atoms with Crippen LogP contribution in [0.1, 0.15) is 50.1 Å². The SMILES string of the molecule is NC(CC1CCCCC1)c1cccc2ccccc12. The van der Waals surface area contributed by atoms with Crippen molar-refractivity contribution < 1.29 is 0 Å². The molecular weight excluding hydrogens is 230 g/mol. The maximum atomic E-state index is 6.49. The fourth-order valence-electron chi connectivity index (χ4n) is 3.48. The van der Waals surface area contributed by atoms with E-state index < -0.39 is 0 Å². The van der Waals surface area contributed by atoms with Gasteiger partial charge < -0.3 is 5.73 Å². The molecule has 1 saturated carbocycles. The lowest BCUT2D eigenvalue weighted by molar-refractivity contribution is 0.319. The van der Waals surface area contributed by atoms with Crippen LogP contribution in [-0.2, 0) is 0 Å². The van der Waals surface area contributed by atoms with Crippen LogP contribution < -0.4 is 5.73 Å². The van der Waals surface area contributed by atoms with Crippen LogP contribution in [-0.4, -0.2) is 0 Å². The summed E-state index contributed by atoms with van der Waals surface area (Å²) in [7, 11) is 0. The Morgan fingerprint density at radius 3 is 2.53 bits per heavy atom. The van der Waals surface area contributed by atoms with Gasteiger partial charge in [-0.05, 0) is 28.7 Å². The molecule has 2 aromatic carbocycles. The van der Waals surface area contributed by atoms with Crippen LogP contribution in [0.5, 0.6) is 0 Å². The standard InChI is InChI=1S/C18H23N/c19-18(13-14-7-2-1-3-8-14)17-12-6-10-15-9-4-5-11-16(15)17/h4-6,9-12,14,18H,1-3,7-8,13,19H2. The third-order valence-electron chi connectivity index (χ3n) is 4.53. The second-order valence-corrected chi connectivity index (χ2v) is 5.91. The van der Waals surface area contributed by atoms with Crippen LogP contribution >= 0.6 is 0 Å². The first-order valence-corrected chi connectivity index (χ1v) is 7.58. The van der Waals surface area contributed by atoms with Gasteiger partial charge >= 0.3 is 0 Å². The van der Waals surface area contributed by atoms with Crippen molar-refractivity contribution in [3.05, 3.63) is 48.0 Å². The topological polar surface area (TPSA) is 26.0 Å². The molecule has 1 aliphatic rings. The maximum absolute atomic E-state index is 6.49. The van der Waals surface area contributed by atoms with E-state index in [1.54, 1.807) is 0 Å². The molecule has 1 nitrogen and oxygen atoms in total. The monoisotopic (exact) mass is 253 g/mol. The number of hydrogen-bond donors (Lipinski definition) is 1. The van der Waals surface area contributed by atoms with Crippen molar-refractivity contribution in [2.24, 2.45) is 11.7 Å². The van der Waals surface area contributed by atoms with Gasteiger partial charge in [0.15, 0.2) is 0 Å². The average Bonchev–Trinajstić information content (AvgIpc) is 2.47. The van der Waals surface area contributed by atoms with Gasteiger partial charge in [-0.25, -0.2) is 0 Å². The van der Waals surface area contributed by atoms with Crippen LogP contribution in [0.3, 0.4) is 0 Å². The van der Waals surface area contributed by atoms with Gasteiger partial charge in [0.05, 0.1) is 0 Å². The Kier molecular flexibility index (Phi) is 3.84. The van der Waals surface area contributed by atoms with Crippen LogP contribution in [0.2, 0.25) is 0 Å². The summed E-state index contributed by atoms with van der Waals surface area (Å²) < 4.78 is 0. The minimum absolute atomic E-state index is 0.189. The van der Waals surface area contributed by atoms with Gasteiger partial charge in [-0.1, -0.05) is 74.6 Å². The number of nitrogens with two attached hydrogens (primary N) is 1. The summed E-state index contributed by atoms with van der Waals surface area (Å²) >= 11 is 0. The van der Waals surface area contributed by atoms with Crippen molar-refractivity contribution in [1.29, 1.82) is 0 Å². The molecule has 1 atom stereocenters. The predicted molar refractivity (Wildman–Crippen MR) is 82.1 cm³/mol. The fraction of sp³-hybridized carbons (Fsp3) is 0.444. The highest BCUT2D eigenvalue weighted by Gasteiger charge is 2.18. The first-order valence-electron chi connectivity index (χ1n) is 7.58. The summed E-state index contributed by atoms with van der Waals surface area (Å²) in [6.07, 6.45) is 8.10. The summed E-state index contributed by atoms with van der Waals surface area (Å²) in [5.74, 6) is 0.836. The Hall–Kier alpha value is -1.34. The lowest BCUT2D eigenvalue weighted by Crippen LogP contribution is -2.17. The van der Waals surface area contributed by atoms with E-state index in [-0.39, 0.29) is 6.04 Å². The summed E-state index contributed by atoms with van der Waals surface area (Å²) in [5, 5.41) is 2.63. The first-order chi connectivity index (χ1) is 9.34. The van der Waals surface area contributed by atoms with E-state index in [9.17, 15) is 0 Å². The Morgan fingerprint density at radius 1 is 0.947 bits per heavy atom. The molecule has 19 heavy (non-hydrogen) atoms. The highest BCUT2D eigenvalue weighted by Crippen LogP contribution is 2.33. The summed E-state index contributed by atoms with van der Waals surface area (Å²) in [5.41, 5.74) is 7.81. The molecule has 0 radical (unpaired) electrons. The van der Waals surface area contributed by atoms with Crippen molar-refractivity contribution in [1.82, 2.24) is 0 Å². The van der Waals surface area contributed by atoms with Crippen LogP contribution in [0, 0.1) is 5.92 Å². The molecule has 1 unspecified atom stereocenters. The highest BCUT2D eigenvalue weighted by atomic mass is 14.6. The minimum atomic E-state index is 0.189. The van der Waals surface area contributed by atoms with Crippen molar-refractivity contribution >= 4 is 10.8 Å². The molecule has 0 amide bonds. The summed E-state index contributed by atoms with van der Waals surface area (Å²) in [6.45, 7) is 0. The number of rotatable bonds is 3. The van der Waals surface area contributed by atoms with Crippen molar-refractivity contribution in [2.45, 2.75) is 44.6 Å². The number of hydrogen-bond acceptors (Lipinski definition) is 1. The molecule has 100 valence electrons. The highest BCUT2D eigenvalue weighted by molar-refractivity contribution is 5.86. The van der Waals surface area contributed by atoms with Gasteiger partial charge in [-0.3, -0.25) is 0 Å². The van der Waals surface area contributed by atoms with Crippen molar-refractivity contribution in [3.63, 3.8) is 0 Å². The van der Waals surface area contributed by atoms with Crippen molar-refractivity contribution in [2.75, 3.05) is 0 Å². The third-order valence-corrected chi connectivity index (χ3v) is 4.53. The zero-order valence-electron chi connectivity index (χ0n) is 11.5. The zero-order valence-corrected chi connectivity index (χ0v) is 11.5. The lowest BCUT2D eigenvalue weighted by atomic mass is 9.83. The third kappa shape index (κ3) is 2.82. The molecule has 0 aromatic heterocycles. The number of benzene rings is 2. The van der Waals surface area contributed by atoms with Gasteiger partial charge in [0, 0.05) is 6.04 Å². The largest absolute Gasteiger partial charge is 0.324 e. The molecule has 0 aliphatic heterocycles. The molecule has 1 aliphatic carbocycles. The second kappa shape index (κ2) is 5.75. The Morgan fingerprint density at radius 2 is 1.68 bits per heavy atom. The first kappa shape index (κ1) is 12.7. The summed E-state index contributed by atoms with van der Waals surface area (Å²) in [4.78, 5) is 0. The fourth-order valence-corrected chi connectivity index (χ4v) is 3.48. The molecule has 2 N–H and O–H groups in total. The van der Waals surface area contributed by atoms with E-state index in [1.807, 2.05) is 0 Å². The molecule has 2 aromatic rings. The molecule has 0 spiro atoms. The quantitative estimate of drug-likeness (QED) is 0.834. The van der Waals surface area contributed by atoms with Gasteiger partial charge in [0.1, 0.15) is 0 Å². The van der Waals surface area contributed by atoms with E-state index in [0.29, 0.717) is 0 Å². The smallest absolute Gasteiger partial charge is 0.0303 e.